The third-order valence-electron chi connectivity index (χ3n) is 3.36. The molecule has 0 heterocycles. The Bertz CT molecular complexity index is 925. The summed E-state index contributed by atoms with van der Waals surface area (Å²) < 4.78 is 27.3. The predicted octanol–water partition coefficient (Wildman–Crippen LogP) is 1.31. The topological polar surface area (TPSA) is 133 Å². The van der Waals surface area contributed by atoms with E-state index in [-0.39, 0.29) is 4.90 Å². The lowest BCUT2D eigenvalue weighted by Crippen LogP contribution is -2.33. The molecule has 0 unspecified atom stereocenters. The summed E-state index contributed by atoms with van der Waals surface area (Å²) in [6.45, 7) is 0. The number of carboxylic acid groups (broad SMARTS) is 1. The van der Waals surface area contributed by atoms with Crippen LogP contribution in [0.25, 0.3) is 6.08 Å². The van der Waals surface area contributed by atoms with Gasteiger partial charge in [-0.15, -0.1) is 0 Å². The fourth-order valence-corrected chi connectivity index (χ4v) is 3.36. The molecule has 2 aromatic carbocycles. The van der Waals surface area contributed by atoms with Gasteiger partial charge in [-0.05, 0) is 29.3 Å². The molecule has 8 nitrogen and oxygen atoms in total. The number of benzene rings is 2. The van der Waals surface area contributed by atoms with Crippen LogP contribution in [0.5, 0.6) is 0 Å². The summed E-state index contributed by atoms with van der Waals surface area (Å²) in [7, 11) is -4.13. The lowest BCUT2D eigenvalue weighted by molar-refractivity contribution is -0.139. The van der Waals surface area contributed by atoms with E-state index in [9.17, 15) is 23.1 Å². The third kappa shape index (κ3) is 4.99. The number of aliphatic carboxylic acids is 1. The van der Waals surface area contributed by atoms with Crippen LogP contribution in [-0.4, -0.2) is 30.6 Å². The molecular formula is C17H16N2O6S. The Kier molecular flexibility index (Phi) is 6.23. The van der Waals surface area contributed by atoms with Crippen LogP contribution in [0.2, 0.25) is 0 Å². The fourth-order valence-electron chi connectivity index (χ4n) is 2.12. The molecule has 9 heteroatoms. The lowest BCUT2D eigenvalue weighted by atomic mass is 10.1. The van der Waals surface area contributed by atoms with Gasteiger partial charge in [-0.25, -0.2) is 13.9 Å². The average molecular weight is 376 g/mol. The molecule has 0 fully saturated rings. The van der Waals surface area contributed by atoms with Gasteiger partial charge in [-0.2, -0.15) is 4.72 Å². The molecule has 26 heavy (non-hydrogen) atoms. The second kappa shape index (κ2) is 8.39. The Morgan fingerprint density at radius 2 is 1.73 bits per heavy atom. The van der Waals surface area contributed by atoms with Gasteiger partial charge in [0.2, 0.25) is 10.0 Å². The van der Waals surface area contributed by atoms with Crippen LogP contribution in [0.4, 0.5) is 0 Å². The quantitative estimate of drug-likeness (QED) is 0.327. The zero-order chi connectivity index (χ0) is 19.2. The van der Waals surface area contributed by atoms with E-state index in [0.29, 0.717) is 11.1 Å². The van der Waals surface area contributed by atoms with E-state index >= 15 is 0 Å². The molecule has 0 aromatic heterocycles. The molecule has 2 aromatic rings. The number of sulfonamides is 1. The zero-order valence-electron chi connectivity index (χ0n) is 13.4. The first kappa shape index (κ1) is 19.3. The monoisotopic (exact) mass is 376 g/mol. The maximum atomic E-state index is 12.5. The molecular weight excluding hydrogens is 360 g/mol. The predicted molar refractivity (Wildman–Crippen MR) is 92.5 cm³/mol. The smallest absolute Gasteiger partial charge is 0.326 e. The maximum absolute atomic E-state index is 12.5. The van der Waals surface area contributed by atoms with Crippen molar-refractivity contribution in [3.05, 3.63) is 71.8 Å². The normalized spacial score (nSPS) is 12.7. The molecule has 0 aliphatic heterocycles. The van der Waals surface area contributed by atoms with Gasteiger partial charge in [0, 0.05) is 6.08 Å². The summed E-state index contributed by atoms with van der Waals surface area (Å²) in [6.07, 6.45) is 2.32. The molecule has 2 rings (SSSR count). The fraction of sp³-hybridized carbons (Fsp3) is 0.0588. The number of hydroxylamine groups is 1. The molecule has 136 valence electrons. The Morgan fingerprint density at radius 3 is 2.35 bits per heavy atom. The van der Waals surface area contributed by atoms with E-state index in [1.807, 2.05) is 0 Å². The number of carbonyl (C=O) groups is 2. The highest BCUT2D eigenvalue weighted by Gasteiger charge is 2.26. The molecule has 1 atom stereocenters. The molecule has 0 spiro atoms. The lowest BCUT2D eigenvalue weighted by Gasteiger charge is -2.15. The van der Waals surface area contributed by atoms with Crippen LogP contribution in [0.3, 0.4) is 0 Å². The SMILES string of the molecule is O=C(C=Cc1cccc(S(=O)(=O)N[C@H](C(=O)O)c2ccccc2)c1)NO. The van der Waals surface area contributed by atoms with Crippen molar-refractivity contribution in [2.75, 3.05) is 0 Å². The summed E-state index contributed by atoms with van der Waals surface area (Å²) >= 11 is 0. The first-order valence-corrected chi connectivity index (χ1v) is 8.84. The molecule has 0 aliphatic carbocycles. The van der Waals surface area contributed by atoms with Crippen LogP contribution in [-0.2, 0) is 19.6 Å². The van der Waals surface area contributed by atoms with Crippen molar-refractivity contribution in [1.82, 2.24) is 10.2 Å². The Labute approximate surface area is 149 Å². The number of carboxylic acids is 1. The summed E-state index contributed by atoms with van der Waals surface area (Å²) in [5.41, 5.74) is 2.08. The molecule has 0 radical (unpaired) electrons. The van der Waals surface area contributed by atoms with Crippen molar-refractivity contribution < 1.29 is 28.3 Å². The minimum atomic E-state index is -4.13. The second-order valence-corrected chi connectivity index (χ2v) is 6.90. The maximum Gasteiger partial charge on any atom is 0.326 e. The van der Waals surface area contributed by atoms with Gasteiger partial charge in [-0.3, -0.25) is 14.8 Å². The van der Waals surface area contributed by atoms with Gasteiger partial charge < -0.3 is 5.11 Å². The number of hydrogen-bond donors (Lipinski definition) is 4. The van der Waals surface area contributed by atoms with Crippen molar-refractivity contribution in [1.29, 1.82) is 0 Å². The molecule has 4 N–H and O–H groups in total. The molecule has 1 amide bonds. The highest BCUT2D eigenvalue weighted by Crippen LogP contribution is 2.19. The summed E-state index contributed by atoms with van der Waals surface area (Å²) in [6, 6.07) is 12.0. The highest BCUT2D eigenvalue weighted by atomic mass is 32.2. The van der Waals surface area contributed by atoms with E-state index in [0.717, 1.165) is 6.08 Å². The van der Waals surface area contributed by atoms with Gasteiger partial charge >= 0.3 is 5.97 Å². The van der Waals surface area contributed by atoms with E-state index in [1.54, 1.807) is 24.3 Å². The Morgan fingerprint density at radius 1 is 1.04 bits per heavy atom. The number of nitrogens with one attached hydrogen (secondary N) is 2. The standard InChI is InChI=1S/C17H16N2O6S/c20-15(18-23)10-9-12-5-4-8-14(11-12)26(24,25)19-16(17(21)22)13-6-2-1-3-7-13/h1-11,16,19,23H,(H,18,20)(H,21,22)/t16-/m0/s1. The number of hydrogen-bond acceptors (Lipinski definition) is 5. The highest BCUT2D eigenvalue weighted by molar-refractivity contribution is 7.89. The van der Waals surface area contributed by atoms with Crippen LogP contribution >= 0.6 is 0 Å². The van der Waals surface area contributed by atoms with Gasteiger partial charge in [0.15, 0.2) is 0 Å². The van der Waals surface area contributed by atoms with E-state index < -0.39 is 27.9 Å². The van der Waals surface area contributed by atoms with Gasteiger partial charge in [0.1, 0.15) is 6.04 Å². The first-order valence-electron chi connectivity index (χ1n) is 7.36. The van der Waals surface area contributed by atoms with Crippen molar-refractivity contribution in [3.8, 4) is 0 Å². The van der Waals surface area contributed by atoms with Crippen LogP contribution in [0.1, 0.15) is 17.2 Å². The van der Waals surface area contributed by atoms with Gasteiger partial charge in [0.05, 0.1) is 4.90 Å². The van der Waals surface area contributed by atoms with E-state index in [4.69, 9.17) is 5.21 Å². The minimum absolute atomic E-state index is 0.161. The van der Waals surface area contributed by atoms with Crippen LogP contribution in [0, 0.1) is 0 Å². The van der Waals surface area contributed by atoms with Crippen LogP contribution < -0.4 is 10.2 Å². The molecule has 0 bridgehead atoms. The van der Waals surface area contributed by atoms with Crippen molar-refractivity contribution in [2.45, 2.75) is 10.9 Å². The molecule has 0 aliphatic rings. The largest absolute Gasteiger partial charge is 0.480 e. The van der Waals surface area contributed by atoms with E-state index in [2.05, 4.69) is 4.72 Å². The Balaban J connectivity index is 2.30. The average Bonchev–Trinajstić information content (AvgIpc) is 2.65. The first-order chi connectivity index (χ1) is 12.3. The Hall–Kier alpha value is -3.01. The number of amides is 1. The minimum Gasteiger partial charge on any atom is -0.480 e. The third-order valence-corrected chi connectivity index (χ3v) is 4.78. The van der Waals surface area contributed by atoms with Crippen LogP contribution in [0.15, 0.2) is 65.6 Å². The summed E-state index contributed by atoms with van der Waals surface area (Å²) in [5, 5.41) is 17.8. The van der Waals surface area contributed by atoms with E-state index in [1.165, 1.54) is 41.9 Å². The van der Waals surface area contributed by atoms with Gasteiger partial charge in [0.25, 0.3) is 5.91 Å². The molecule has 0 saturated carbocycles. The number of carbonyl (C=O) groups excluding carboxylic acids is 1. The molecule has 0 saturated heterocycles. The van der Waals surface area contributed by atoms with Crippen molar-refractivity contribution in [3.63, 3.8) is 0 Å². The van der Waals surface area contributed by atoms with Crippen molar-refractivity contribution in [2.24, 2.45) is 0 Å². The summed E-state index contributed by atoms with van der Waals surface area (Å²) in [4.78, 5) is 22.3. The second-order valence-electron chi connectivity index (χ2n) is 5.19. The van der Waals surface area contributed by atoms with Crippen molar-refractivity contribution >= 4 is 28.0 Å². The van der Waals surface area contributed by atoms with Gasteiger partial charge in [-0.1, -0.05) is 42.5 Å². The number of rotatable bonds is 7. The zero-order valence-corrected chi connectivity index (χ0v) is 14.2. The summed E-state index contributed by atoms with van der Waals surface area (Å²) in [5.74, 6) is -2.11.